The summed E-state index contributed by atoms with van der Waals surface area (Å²) in [5.41, 5.74) is -1.73. The number of benzene rings is 8. The summed E-state index contributed by atoms with van der Waals surface area (Å²) >= 11 is 0. The topological polar surface area (TPSA) is 58.4 Å². The third-order valence-electron chi connectivity index (χ3n) is 9.66. The van der Waals surface area contributed by atoms with E-state index >= 15 is 0 Å². The Balaban J connectivity index is 1.35. The van der Waals surface area contributed by atoms with E-state index in [1.54, 1.807) is 78.9 Å². The summed E-state index contributed by atoms with van der Waals surface area (Å²) in [4.78, 5) is 9.29. The van der Waals surface area contributed by atoms with E-state index in [1.807, 2.05) is 0 Å². The monoisotopic (exact) mass is 768 g/mol. The average Bonchev–Trinajstić information content (AvgIpc) is 4.21. The minimum absolute atomic E-state index is 0.000885. The predicted molar refractivity (Wildman–Crippen MR) is 242 cm³/mol. The Morgan fingerprint density at radius 2 is 0.947 bits per heavy atom. The van der Waals surface area contributed by atoms with Gasteiger partial charge in [0.05, 0.1) is 50.9 Å². The maximum atomic E-state index is 9.83. The summed E-state index contributed by atoms with van der Waals surface area (Å²) in [6, 6.07) is 9.47. The molecule has 270 valence electrons. The van der Waals surface area contributed by atoms with Crippen molar-refractivity contribution >= 4 is 90.6 Å². The zero-order chi connectivity index (χ0) is 56.5. The fourth-order valence-electron chi connectivity index (χ4n) is 7.24. The van der Waals surface area contributed by atoms with Gasteiger partial charge in [-0.05, 0) is 44.9 Å². The molecule has 0 saturated carbocycles. The Morgan fingerprint density at radius 3 is 1.49 bits per heavy atom. The van der Waals surface area contributed by atoms with E-state index in [1.165, 1.54) is 6.07 Å². The van der Waals surface area contributed by atoms with Crippen molar-refractivity contribution in [2.24, 2.45) is 9.98 Å². The Kier molecular flexibility index (Phi) is 4.65. The predicted octanol–water partition coefficient (Wildman–Crippen LogP) is 9.09. The first-order chi connectivity index (χ1) is 36.9. The van der Waals surface area contributed by atoms with Gasteiger partial charge >= 0.3 is 0 Å². The van der Waals surface area contributed by atoms with Crippen molar-refractivity contribution in [3.8, 4) is 0 Å². The highest BCUT2D eigenvalue weighted by Crippen LogP contribution is 2.30. The molecule has 0 fully saturated rings. The molecule has 0 bridgehead atoms. The van der Waals surface area contributed by atoms with E-state index in [0.717, 1.165) is 15.5 Å². The van der Waals surface area contributed by atoms with Crippen molar-refractivity contribution in [3.05, 3.63) is 217 Å². The van der Waals surface area contributed by atoms with Crippen molar-refractivity contribution in [2.45, 2.75) is 0 Å². The lowest BCUT2D eigenvalue weighted by atomic mass is 10.2. The second-order valence-corrected chi connectivity index (χ2v) is 16.4. The summed E-state index contributed by atoms with van der Waals surface area (Å²) < 4.78 is 188. The molecule has 8 aromatic carbocycles. The van der Waals surface area contributed by atoms with E-state index < -0.39 is 158 Å². The van der Waals surface area contributed by atoms with Gasteiger partial charge in [0.15, 0.2) is 13.9 Å². The summed E-state index contributed by atoms with van der Waals surface area (Å²) in [6.45, 7) is 0. The highest BCUT2D eigenvalue weighted by atomic mass is 28.3. The minimum atomic E-state index is -4.08. The Bertz CT molecular complexity index is 4140. The number of rotatable bonds is 6. The molecule has 10 rings (SSSR count). The first-order valence-corrected chi connectivity index (χ1v) is 19.4. The van der Waals surface area contributed by atoms with Crippen molar-refractivity contribution in [1.29, 1.82) is 5.41 Å². The summed E-state index contributed by atoms with van der Waals surface area (Å²) in [5.74, 6) is -1.42. The second kappa shape index (κ2) is 14.3. The second-order valence-electron chi connectivity index (χ2n) is 12.7. The molecule has 2 heterocycles. The van der Waals surface area contributed by atoms with Gasteiger partial charge in [-0.3, -0.25) is 14.5 Å². The number of hydrogen-bond acceptors (Lipinski definition) is 1. The summed E-state index contributed by atoms with van der Waals surface area (Å²) in [5, 5.41) is 9.99. The molecule has 0 spiro atoms. The van der Waals surface area contributed by atoms with Crippen LogP contribution in [0, 0.1) is 5.41 Å². The zero-order valence-corrected chi connectivity index (χ0v) is 30.4. The lowest BCUT2D eigenvalue weighted by Gasteiger charge is -2.34. The van der Waals surface area contributed by atoms with Crippen LogP contribution < -0.4 is 20.7 Å². The van der Waals surface area contributed by atoms with Crippen LogP contribution in [0.1, 0.15) is 34.3 Å². The number of hydrogen-bond donors (Lipinski definition) is 1. The zero-order valence-electron chi connectivity index (χ0n) is 50.4. The largest absolute Gasteiger partial charge is 0.300 e. The number of fused-ring (bicyclic) bond motifs is 6. The van der Waals surface area contributed by atoms with E-state index in [-0.39, 0.29) is 43.3 Å². The molecule has 10 aromatic rings. The average molecular weight is 769 g/mol. The molecule has 0 aliphatic rings. The van der Waals surface area contributed by atoms with Crippen LogP contribution in [0.4, 0.5) is 0 Å². The van der Waals surface area contributed by atoms with Gasteiger partial charge in [-0.25, -0.2) is 4.99 Å². The van der Waals surface area contributed by atoms with Crippen LogP contribution in [0.15, 0.2) is 222 Å². The SMILES string of the molecule is [2H]c1c([2H])c([2H])c([Si](c2ccccc2)(c2ccccc2)c2cccc(C(=N)N=C(N=Cn3c4c([2H])c([2H])c([2H])c([2H])c4c4c([2H])c([2H])c([2H])c([2H])c43)n3c4c([2H])c([2H])c([2H])c([2H])c4c4c([2H])c([2H])c([2H])c([2H])c43)c2)c([2H])c1[2H]. The lowest BCUT2D eigenvalue weighted by molar-refractivity contribution is 1.21. The molecule has 0 amide bonds. The molecule has 0 atom stereocenters. The molecule has 2 aromatic heterocycles. The van der Waals surface area contributed by atoms with Gasteiger partial charge in [-0.15, -0.1) is 0 Å². The van der Waals surface area contributed by atoms with Crippen LogP contribution in [0.3, 0.4) is 0 Å². The number of aromatic nitrogens is 2. The normalized spacial score (nSPS) is 17.5. The van der Waals surface area contributed by atoms with Crippen molar-refractivity contribution in [3.63, 3.8) is 0 Å². The van der Waals surface area contributed by atoms with Crippen LogP contribution in [0.5, 0.6) is 0 Å². The van der Waals surface area contributed by atoms with Crippen LogP contribution in [0.2, 0.25) is 0 Å². The van der Waals surface area contributed by atoms with Gasteiger partial charge < -0.3 is 0 Å². The quantitative estimate of drug-likeness (QED) is 0.0760. The highest BCUT2D eigenvalue weighted by molar-refractivity contribution is 7.19. The van der Waals surface area contributed by atoms with E-state index in [0.29, 0.717) is 15.6 Å². The van der Waals surface area contributed by atoms with Gasteiger partial charge in [-0.2, -0.15) is 4.99 Å². The van der Waals surface area contributed by atoms with Crippen LogP contribution in [-0.2, 0) is 0 Å². The van der Waals surface area contributed by atoms with Crippen molar-refractivity contribution < 1.29 is 28.8 Å². The molecule has 6 heteroatoms. The van der Waals surface area contributed by atoms with Gasteiger partial charge in [0.25, 0.3) is 0 Å². The van der Waals surface area contributed by atoms with Gasteiger partial charge in [0, 0.05) is 27.1 Å². The molecule has 0 unspecified atom stereocenters. The maximum absolute atomic E-state index is 9.83. The highest BCUT2D eigenvalue weighted by Gasteiger charge is 2.41. The smallest absolute Gasteiger partial charge is 0.238 e. The third-order valence-corrected chi connectivity index (χ3v) is 14.2. The maximum Gasteiger partial charge on any atom is 0.238 e. The van der Waals surface area contributed by atoms with Crippen LogP contribution in [-0.4, -0.2) is 35.3 Å². The van der Waals surface area contributed by atoms with Gasteiger partial charge in [0.1, 0.15) is 6.34 Å². The number of nitrogens with one attached hydrogen (secondary N) is 1. The standard InChI is InChI=1S/C51H37N5Si/c52-50(37-19-18-26-41(35-37)57(38-20-4-1-5-21-38,39-22-6-2-7-23-39)40-24-8-3-9-25-40)54-51(56-48-33-16-12-29-44(48)45-30-13-17-34-49(45)56)53-36-55-46-31-14-10-27-42(46)43-28-11-15-32-47(43)55/h1-36,52H/i1D,4D,5D,10D,11D,12D,13D,14D,15D,16D,17D,20D,21D,27D,28D,29D,30D,31D,32D,33D,34D. The molecule has 0 aliphatic heterocycles. The molecule has 0 aliphatic carbocycles. The molecule has 0 saturated heterocycles. The summed E-state index contributed by atoms with van der Waals surface area (Å²) in [7, 11) is -4.08. The number of para-hydroxylation sites is 4. The van der Waals surface area contributed by atoms with Crippen LogP contribution in [0.25, 0.3) is 43.6 Å². The Hall–Kier alpha value is -7.41. The van der Waals surface area contributed by atoms with Gasteiger partial charge in [0.2, 0.25) is 5.96 Å². The summed E-state index contributed by atoms with van der Waals surface area (Å²) in [6.07, 6.45) is 0.866. The molecule has 1 N–H and O–H groups in total. The minimum Gasteiger partial charge on any atom is -0.300 e. The van der Waals surface area contributed by atoms with E-state index in [2.05, 4.69) is 9.98 Å². The van der Waals surface area contributed by atoms with Crippen LogP contribution >= 0.6 is 0 Å². The number of amidine groups is 1. The van der Waals surface area contributed by atoms with E-state index in [4.69, 9.17) is 23.3 Å². The molecular formula is C51H37N5Si. The Morgan fingerprint density at radius 1 is 0.491 bits per heavy atom. The van der Waals surface area contributed by atoms with Gasteiger partial charge in [-0.1, -0.05) is 188 Å². The Labute approximate surface area is 361 Å². The van der Waals surface area contributed by atoms with E-state index in [9.17, 15) is 10.9 Å². The fraction of sp³-hybridized carbons (Fsp3) is 0. The molecule has 0 radical (unpaired) electrons. The molecular weight excluding hydrogens is 711 g/mol. The molecule has 57 heavy (non-hydrogen) atoms. The van der Waals surface area contributed by atoms with Crippen molar-refractivity contribution in [1.82, 2.24) is 9.13 Å². The fourth-order valence-corrected chi connectivity index (χ4v) is 11.7. The lowest BCUT2D eigenvalue weighted by Crippen LogP contribution is -2.74. The first kappa shape index (κ1) is 18.5. The first-order valence-electron chi connectivity index (χ1n) is 27.9. The molecule has 5 nitrogen and oxygen atoms in total. The van der Waals surface area contributed by atoms with Crippen molar-refractivity contribution in [2.75, 3.05) is 0 Å². The number of aliphatic imine (C=N–C) groups is 2. The third kappa shape index (κ3) is 5.74. The number of nitrogens with zero attached hydrogens (tertiary/aromatic N) is 4.